The highest BCUT2D eigenvalue weighted by Gasteiger charge is 2.67. The van der Waals surface area contributed by atoms with Crippen molar-refractivity contribution in [1.82, 2.24) is 19.9 Å². The molecule has 5 aliphatic rings. The molecular weight excluding hydrogens is 606 g/mol. The molecule has 2 aromatic heterocycles. The molecule has 4 aromatic rings. The number of alkyl halides is 1. The molecule has 3 saturated heterocycles. The summed E-state index contributed by atoms with van der Waals surface area (Å²) in [7, 11) is 0. The van der Waals surface area contributed by atoms with Gasteiger partial charge in [0.2, 0.25) is 0 Å². The first-order valence-corrected chi connectivity index (χ1v) is 16.5. The lowest BCUT2D eigenvalue weighted by Gasteiger charge is -2.37. The maximum absolute atomic E-state index is 16.9. The summed E-state index contributed by atoms with van der Waals surface area (Å²) >= 11 is 0. The van der Waals surface area contributed by atoms with Gasteiger partial charge in [-0.2, -0.15) is 9.97 Å². The van der Waals surface area contributed by atoms with E-state index in [2.05, 4.69) is 20.8 Å². The minimum atomic E-state index is -0.986. The zero-order valence-corrected chi connectivity index (χ0v) is 25.8. The summed E-state index contributed by atoms with van der Waals surface area (Å²) in [5.74, 6) is 1.41. The van der Waals surface area contributed by atoms with Crippen LogP contribution in [0.4, 0.5) is 23.4 Å². The van der Waals surface area contributed by atoms with Crippen molar-refractivity contribution >= 4 is 27.5 Å². The molecule has 1 spiro atoms. The molecule has 0 radical (unpaired) electrons. The molecule has 0 amide bonds. The molecule has 2 saturated carbocycles. The largest absolute Gasteiger partial charge is 0.461 e. The third-order valence-corrected chi connectivity index (χ3v) is 11.7. The molecule has 6 nitrogen and oxygen atoms in total. The first kappa shape index (κ1) is 29.0. The Bertz CT molecular complexity index is 2040. The van der Waals surface area contributed by atoms with Crippen LogP contribution in [-0.4, -0.2) is 63.8 Å². The van der Waals surface area contributed by atoms with Gasteiger partial charge in [0.1, 0.15) is 35.6 Å². The summed E-state index contributed by atoms with van der Waals surface area (Å²) in [4.78, 5) is 18.2. The van der Waals surface area contributed by atoms with Crippen molar-refractivity contribution in [1.29, 1.82) is 0 Å². The van der Waals surface area contributed by atoms with Crippen LogP contribution in [0.2, 0.25) is 0 Å². The highest BCUT2D eigenvalue weighted by Crippen LogP contribution is 2.66. The smallest absolute Gasteiger partial charge is 0.319 e. The van der Waals surface area contributed by atoms with E-state index in [1.165, 1.54) is 12.3 Å². The van der Waals surface area contributed by atoms with Crippen molar-refractivity contribution < 1.29 is 22.3 Å². The maximum atomic E-state index is 16.9. The molecule has 240 valence electrons. The summed E-state index contributed by atoms with van der Waals surface area (Å²) in [5.41, 5.74) is 0.751. The molecule has 2 aromatic carbocycles. The van der Waals surface area contributed by atoms with Crippen molar-refractivity contribution in [3.05, 3.63) is 65.6 Å². The minimum absolute atomic E-state index is 0.0108. The normalized spacial score (nSPS) is 28.4. The van der Waals surface area contributed by atoms with Crippen molar-refractivity contribution in [2.75, 3.05) is 31.1 Å². The molecule has 5 heterocycles. The molecule has 10 heteroatoms. The van der Waals surface area contributed by atoms with Crippen LogP contribution in [-0.2, 0) is 0 Å². The highest BCUT2D eigenvalue weighted by atomic mass is 19.1. The van der Waals surface area contributed by atoms with Gasteiger partial charge < -0.3 is 9.64 Å². The standard InChI is InChI=1S/C37H33F4N5O/c1-2-23-27(39)10-9-22-6-5-8-24(28(22)23)31-30(41)32-26(18-42-31)34(46-14-4-3-7-25-29(40)33(25)46)44-35(43-32)47-20-37-16-21(17-38)19-45(37)15-13-36(37)11-12-36/h1,5-6,8-10,17-18,25,29,33H,3-4,7,11-16,19-20H2/b21-17+/t25-,29-,33-,37-/m0/s1. The van der Waals surface area contributed by atoms with Crippen LogP contribution in [0.5, 0.6) is 6.01 Å². The molecule has 0 unspecified atom stereocenters. The third kappa shape index (κ3) is 4.18. The molecule has 5 fully saturated rings. The molecule has 0 bridgehead atoms. The number of nitrogens with zero attached hydrogens (tertiary/aromatic N) is 5. The van der Waals surface area contributed by atoms with E-state index in [1.54, 1.807) is 24.3 Å². The Morgan fingerprint density at radius 3 is 2.77 bits per heavy atom. The number of rotatable bonds is 5. The topological polar surface area (TPSA) is 54.4 Å². The lowest BCUT2D eigenvalue weighted by Crippen LogP contribution is -2.49. The monoisotopic (exact) mass is 639 g/mol. The van der Waals surface area contributed by atoms with Gasteiger partial charge in [-0.25, -0.2) is 17.6 Å². The second-order valence-corrected chi connectivity index (χ2v) is 14.0. The molecule has 4 atom stereocenters. The number of pyridine rings is 1. The zero-order chi connectivity index (χ0) is 32.1. The van der Waals surface area contributed by atoms with E-state index >= 15 is 8.78 Å². The molecule has 47 heavy (non-hydrogen) atoms. The quantitative estimate of drug-likeness (QED) is 0.169. The zero-order valence-electron chi connectivity index (χ0n) is 25.8. The van der Waals surface area contributed by atoms with E-state index in [0.29, 0.717) is 53.4 Å². The van der Waals surface area contributed by atoms with Gasteiger partial charge in [-0.15, -0.1) is 6.42 Å². The maximum Gasteiger partial charge on any atom is 0.319 e. The van der Waals surface area contributed by atoms with Gasteiger partial charge in [0.25, 0.3) is 0 Å². The molecule has 2 aliphatic carbocycles. The Balaban J connectivity index is 1.19. The summed E-state index contributed by atoms with van der Waals surface area (Å²) in [6.45, 7) is 2.24. The first-order chi connectivity index (χ1) is 22.9. The SMILES string of the molecule is C#Cc1c(F)ccc2cccc(-c3ncc4c(N5CCCC[C@H]6[C@H](F)[C@H]65)nc(OC[C@]56C/C(=C\F)CN5CCC65CC5)nc4c3F)c12. The van der Waals surface area contributed by atoms with E-state index in [9.17, 15) is 8.78 Å². The van der Waals surface area contributed by atoms with Crippen molar-refractivity contribution in [3.8, 4) is 29.6 Å². The van der Waals surface area contributed by atoms with Crippen LogP contribution in [0.15, 0.2) is 48.4 Å². The second kappa shape index (κ2) is 10.4. The fourth-order valence-electron chi connectivity index (χ4n) is 9.05. The number of fused-ring (bicyclic) bond motifs is 5. The van der Waals surface area contributed by atoms with E-state index in [-0.39, 0.29) is 52.3 Å². The van der Waals surface area contributed by atoms with Gasteiger partial charge in [-0.3, -0.25) is 9.88 Å². The Labute approximate surface area is 269 Å². The summed E-state index contributed by atoms with van der Waals surface area (Å²) in [6, 6.07) is 7.73. The number of hydrogen-bond acceptors (Lipinski definition) is 6. The lowest BCUT2D eigenvalue weighted by molar-refractivity contribution is 0.0649. The number of aromatic nitrogens is 3. The molecule has 9 rings (SSSR count). The van der Waals surface area contributed by atoms with Crippen molar-refractivity contribution in [3.63, 3.8) is 0 Å². The van der Waals surface area contributed by atoms with Crippen molar-refractivity contribution in [2.45, 2.75) is 62.7 Å². The lowest BCUT2D eigenvalue weighted by atomic mass is 9.80. The van der Waals surface area contributed by atoms with Gasteiger partial charge in [0, 0.05) is 36.2 Å². The number of halogens is 4. The van der Waals surface area contributed by atoms with Crippen LogP contribution < -0.4 is 9.64 Å². The van der Waals surface area contributed by atoms with E-state index in [1.807, 2.05) is 4.90 Å². The predicted octanol–water partition coefficient (Wildman–Crippen LogP) is 7.29. The Morgan fingerprint density at radius 2 is 1.96 bits per heavy atom. The van der Waals surface area contributed by atoms with E-state index in [4.69, 9.17) is 16.1 Å². The summed E-state index contributed by atoms with van der Waals surface area (Å²) in [5, 5.41) is 1.38. The number of terminal acetylenes is 1. The van der Waals surface area contributed by atoms with Gasteiger partial charge >= 0.3 is 6.01 Å². The fourth-order valence-corrected chi connectivity index (χ4v) is 9.05. The Kier molecular flexibility index (Phi) is 6.40. The summed E-state index contributed by atoms with van der Waals surface area (Å²) in [6.07, 6.45) is 13.2. The average molecular weight is 640 g/mol. The third-order valence-electron chi connectivity index (χ3n) is 11.7. The van der Waals surface area contributed by atoms with Gasteiger partial charge in [0.15, 0.2) is 5.82 Å². The Hall–Kier alpha value is -4.23. The van der Waals surface area contributed by atoms with Crippen LogP contribution >= 0.6 is 0 Å². The van der Waals surface area contributed by atoms with Gasteiger partial charge in [-0.1, -0.05) is 36.6 Å². The second-order valence-electron chi connectivity index (χ2n) is 14.0. The minimum Gasteiger partial charge on any atom is -0.461 e. The van der Waals surface area contributed by atoms with Gasteiger partial charge in [0.05, 0.1) is 28.9 Å². The molecular formula is C37H33F4N5O. The number of benzene rings is 2. The van der Waals surface area contributed by atoms with E-state index < -0.39 is 17.8 Å². The number of hydrogen-bond donors (Lipinski definition) is 0. The Morgan fingerprint density at radius 1 is 1.09 bits per heavy atom. The average Bonchev–Trinajstić information content (AvgIpc) is 3.96. The van der Waals surface area contributed by atoms with E-state index in [0.717, 1.165) is 50.6 Å². The molecule has 0 N–H and O–H groups in total. The van der Waals surface area contributed by atoms with Crippen LogP contribution in [0.25, 0.3) is 32.9 Å². The number of ether oxygens (including phenoxy) is 1. The highest BCUT2D eigenvalue weighted by molar-refractivity contribution is 6.02. The van der Waals surface area contributed by atoms with Crippen LogP contribution in [0.1, 0.15) is 50.5 Å². The first-order valence-electron chi connectivity index (χ1n) is 16.5. The summed E-state index contributed by atoms with van der Waals surface area (Å²) < 4.78 is 67.0. The predicted molar refractivity (Wildman–Crippen MR) is 171 cm³/mol. The fraction of sp³-hybridized carbons (Fsp3) is 0.432. The van der Waals surface area contributed by atoms with Crippen LogP contribution in [0.3, 0.4) is 0 Å². The number of anilines is 1. The van der Waals surface area contributed by atoms with Gasteiger partial charge in [-0.05, 0) is 67.5 Å². The molecule has 3 aliphatic heterocycles. The van der Waals surface area contributed by atoms with Crippen LogP contribution in [0, 0.1) is 35.3 Å². The van der Waals surface area contributed by atoms with Crippen molar-refractivity contribution in [2.24, 2.45) is 11.3 Å².